The van der Waals surface area contributed by atoms with E-state index in [1.165, 1.54) is 0 Å². The van der Waals surface area contributed by atoms with Gasteiger partial charge in [0, 0.05) is 10.1 Å². The second-order valence-electron chi connectivity index (χ2n) is 6.25. The molecule has 3 aromatic rings. The monoisotopic (exact) mass is 493 g/mol. The van der Waals surface area contributed by atoms with E-state index in [1.807, 2.05) is 23.6 Å². The number of carboxylic acids is 1. The molecular weight excluding hydrogens is 473 g/mol. The highest BCUT2D eigenvalue weighted by molar-refractivity contribution is 14.1. The third kappa shape index (κ3) is 4.77. The van der Waals surface area contributed by atoms with Gasteiger partial charge in [-0.2, -0.15) is 0 Å². The number of hydrogen-bond acceptors (Lipinski definition) is 6. The normalized spacial score (nSPS) is 10.8. The maximum atomic E-state index is 11.4. The molecule has 0 bridgehead atoms. The van der Waals surface area contributed by atoms with Crippen molar-refractivity contribution >= 4 is 34.4 Å². The third-order valence-corrected chi connectivity index (χ3v) is 5.32. The van der Waals surface area contributed by atoms with Gasteiger partial charge in [-0.25, -0.2) is 9.78 Å². The summed E-state index contributed by atoms with van der Waals surface area (Å²) in [7, 11) is 0. The summed E-state index contributed by atoms with van der Waals surface area (Å²) in [6.07, 6.45) is 3.23. The van der Waals surface area contributed by atoms with Gasteiger partial charge in [-0.05, 0) is 72.2 Å². The van der Waals surface area contributed by atoms with Crippen LogP contribution in [0.25, 0.3) is 11.5 Å². The first-order valence-corrected chi connectivity index (χ1v) is 9.80. The lowest BCUT2D eigenvalue weighted by Gasteiger charge is -2.12. The number of aromatic carboxylic acids is 1. The number of carboxylic acid groups (broad SMARTS) is 1. The number of rotatable bonds is 8. The topological polar surface area (TPSA) is 116 Å². The molecule has 2 aromatic heterocycles. The Balaban J connectivity index is 1.56. The number of hydrogen-bond donors (Lipinski definition) is 2. The van der Waals surface area contributed by atoms with E-state index in [-0.39, 0.29) is 5.56 Å². The highest BCUT2D eigenvalue weighted by atomic mass is 127. The zero-order valence-electron chi connectivity index (χ0n) is 15.3. The van der Waals surface area contributed by atoms with Gasteiger partial charge in [0.15, 0.2) is 5.82 Å². The Hall–Kier alpha value is -2.69. The van der Waals surface area contributed by atoms with E-state index in [0.717, 1.165) is 22.0 Å². The van der Waals surface area contributed by atoms with Crippen molar-refractivity contribution in [3.63, 3.8) is 0 Å². The number of nitrogen functional groups attached to an aromatic ring is 1. The molecule has 0 amide bonds. The average Bonchev–Trinajstić information content (AvgIpc) is 3.12. The van der Waals surface area contributed by atoms with Crippen LogP contribution in [0.15, 0.2) is 36.7 Å². The Bertz CT molecular complexity index is 989. The first-order chi connectivity index (χ1) is 13.5. The highest BCUT2D eigenvalue weighted by Gasteiger charge is 2.14. The van der Waals surface area contributed by atoms with Gasteiger partial charge in [-0.15, -0.1) is 10.2 Å². The Morgan fingerprint density at radius 3 is 2.89 bits per heavy atom. The van der Waals surface area contributed by atoms with Crippen molar-refractivity contribution < 1.29 is 14.6 Å². The second kappa shape index (κ2) is 9.00. The van der Waals surface area contributed by atoms with Crippen molar-refractivity contribution in [3.05, 3.63) is 51.4 Å². The number of aromatic nitrogens is 4. The molecule has 3 N–H and O–H groups in total. The maximum Gasteiger partial charge on any atom is 0.339 e. The number of anilines is 1. The Labute approximate surface area is 175 Å². The highest BCUT2D eigenvalue weighted by Crippen LogP contribution is 2.25. The van der Waals surface area contributed by atoms with Crippen LogP contribution in [0.5, 0.6) is 5.75 Å². The van der Waals surface area contributed by atoms with Crippen molar-refractivity contribution in [3.8, 4) is 17.3 Å². The molecule has 3 rings (SSSR count). The van der Waals surface area contributed by atoms with Crippen LogP contribution in [-0.2, 0) is 6.54 Å². The Morgan fingerprint density at radius 1 is 1.32 bits per heavy atom. The number of benzene rings is 1. The van der Waals surface area contributed by atoms with Gasteiger partial charge in [-0.3, -0.25) is 0 Å². The molecule has 0 saturated heterocycles. The fourth-order valence-corrected chi connectivity index (χ4v) is 3.17. The van der Waals surface area contributed by atoms with E-state index < -0.39 is 5.97 Å². The van der Waals surface area contributed by atoms with Crippen molar-refractivity contribution in [2.75, 3.05) is 12.3 Å². The zero-order chi connectivity index (χ0) is 20.1. The fraction of sp³-hybridized carbons (Fsp3) is 0.263. The number of nitrogens with two attached hydrogens (primary N) is 1. The number of nitrogens with zero attached hydrogens (tertiary/aromatic N) is 4. The minimum atomic E-state index is -0.989. The van der Waals surface area contributed by atoms with Crippen LogP contribution in [0.2, 0.25) is 0 Å². The molecule has 0 aliphatic rings. The van der Waals surface area contributed by atoms with Crippen molar-refractivity contribution in [1.82, 2.24) is 19.7 Å². The van der Waals surface area contributed by atoms with Crippen LogP contribution in [-0.4, -0.2) is 37.4 Å². The van der Waals surface area contributed by atoms with Gasteiger partial charge in [0.25, 0.3) is 0 Å². The summed E-state index contributed by atoms with van der Waals surface area (Å²) in [6.45, 7) is 3.05. The summed E-state index contributed by atoms with van der Waals surface area (Å²) < 4.78 is 8.55. The largest absolute Gasteiger partial charge is 0.493 e. The average molecular weight is 493 g/mol. The molecule has 146 valence electrons. The summed E-state index contributed by atoms with van der Waals surface area (Å²) in [5.41, 5.74) is 7.59. The summed E-state index contributed by atoms with van der Waals surface area (Å²) >= 11 is 2.12. The van der Waals surface area contributed by atoms with Gasteiger partial charge in [-0.1, -0.05) is 6.07 Å². The molecule has 0 aliphatic heterocycles. The summed E-state index contributed by atoms with van der Waals surface area (Å²) in [5, 5.41) is 17.4. The molecule has 28 heavy (non-hydrogen) atoms. The second-order valence-corrected chi connectivity index (χ2v) is 7.42. The van der Waals surface area contributed by atoms with Gasteiger partial charge >= 0.3 is 5.97 Å². The van der Waals surface area contributed by atoms with E-state index in [4.69, 9.17) is 10.5 Å². The number of unbranched alkanes of at least 4 members (excludes halogenated alkanes) is 1. The Morgan fingerprint density at radius 2 is 2.14 bits per heavy atom. The molecule has 9 heteroatoms. The molecule has 0 radical (unpaired) electrons. The van der Waals surface area contributed by atoms with Crippen LogP contribution in [0.3, 0.4) is 0 Å². The first-order valence-electron chi connectivity index (χ1n) is 8.72. The van der Waals surface area contributed by atoms with Crippen LogP contribution in [0.1, 0.15) is 28.8 Å². The first kappa shape index (κ1) is 20.1. The fourth-order valence-electron chi connectivity index (χ4n) is 2.70. The van der Waals surface area contributed by atoms with E-state index in [2.05, 4.69) is 37.8 Å². The smallest absolute Gasteiger partial charge is 0.339 e. The molecule has 0 fully saturated rings. The molecule has 0 atom stereocenters. The predicted molar refractivity (Wildman–Crippen MR) is 113 cm³/mol. The van der Waals surface area contributed by atoms with Crippen molar-refractivity contribution in [1.29, 1.82) is 0 Å². The van der Waals surface area contributed by atoms with E-state index in [9.17, 15) is 9.90 Å². The Kier molecular flexibility index (Phi) is 6.45. The zero-order valence-corrected chi connectivity index (χ0v) is 17.5. The third-order valence-electron chi connectivity index (χ3n) is 4.16. The molecule has 1 aromatic carbocycles. The minimum Gasteiger partial charge on any atom is -0.493 e. The van der Waals surface area contributed by atoms with E-state index >= 15 is 0 Å². The summed E-state index contributed by atoms with van der Waals surface area (Å²) in [5.74, 6) is 0.508. The van der Waals surface area contributed by atoms with Crippen LogP contribution >= 0.6 is 22.6 Å². The van der Waals surface area contributed by atoms with E-state index in [0.29, 0.717) is 36.2 Å². The summed E-state index contributed by atoms with van der Waals surface area (Å²) in [6, 6.07) is 8.80. The lowest BCUT2D eigenvalue weighted by atomic mass is 10.1. The predicted octanol–water partition coefficient (Wildman–Crippen LogP) is 3.39. The number of halogens is 1. The van der Waals surface area contributed by atoms with Crippen LogP contribution in [0.4, 0.5) is 5.82 Å². The van der Waals surface area contributed by atoms with Crippen molar-refractivity contribution in [2.24, 2.45) is 0 Å². The van der Waals surface area contributed by atoms with Gasteiger partial charge < -0.3 is 20.1 Å². The number of ether oxygens (including phenoxy) is 1. The minimum absolute atomic E-state index is 0.184. The molecule has 8 nitrogen and oxygen atoms in total. The van der Waals surface area contributed by atoms with Gasteiger partial charge in [0.1, 0.15) is 29.2 Å². The number of carbonyl (C=O) groups is 1. The summed E-state index contributed by atoms with van der Waals surface area (Å²) in [4.78, 5) is 15.7. The van der Waals surface area contributed by atoms with Gasteiger partial charge in [0.05, 0.1) is 6.61 Å². The molecule has 0 spiro atoms. The maximum absolute atomic E-state index is 11.4. The van der Waals surface area contributed by atoms with Crippen LogP contribution in [0, 0.1) is 10.5 Å². The standard InChI is InChI=1S/C19H20IN5O3/c1-12-9-16(13(19(26)27)10-14(12)20)28-8-3-2-7-25-11-22-24-18(25)15-5-4-6-17(21)23-15/h4-6,9-11H,2-3,7-8H2,1H3,(H2,21,23)(H,26,27). The lowest BCUT2D eigenvalue weighted by Crippen LogP contribution is -2.07. The number of aryl methyl sites for hydroxylation is 2. The molecule has 0 aliphatic carbocycles. The van der Waals surface area contributed by atoms with Crippen molar-refractivity contribution in [2.45, 2.75) is 26.3 Å². The molecular formula is C19H20IN5O3. The lowest BCUT2D eigenvalue weighted by molar-refractivity contribution is 0.0692. The number of pyridine rings is 1. The van der Waals surface area contributed by atoms with Gasteiger partial charge in [0.2, 0.25) is 0 Å². The molecule has 2 heterocycles. The molecule has 0 saturated carbocycles. The van der Waals surface area contributed by atoms with Crippen LogP contribution < -0.4 is 10.5 Å². The quantitative estimate of drug-likeness (QED) is 0.365. The van der Waals surface area contributed by atoms with E-state index in [1.54, 1.807) is 24.5 Å². The SMILES string of the molecule is Cc1cc(OCCCCn2cnnc2-c2cccc(N)n2)c(C(=O)O)cc1I. The molecule has 0 unspecified atom stereocenters.